The summed E-state index contributed by atoms with van der Waals surface area (Å²) in [5.41, 5.74) is 0. The van der Waals surface area contributed by atoms with Gasteiger partial charge in [-0.3, -0.25) is 4.79 Å². The number of nitrogens with one attached hydrogen (secondary N) is 1. The van der Waals surface area contributed by atoms with Crippen molar-refractivity contribution >= 4 is 27.6 Å². The fourth-order valence-corrected chi connectivity index (χ4v) is 3.06. The highest BCUT2D eigenvalue weighted by Crippen LogP contribution is 2.22. The van der Waals surface area contributed by atoms with E-state index in [1.54, 1.807) is 0 Å². The standard InChI is InChI=1S/C10H11ClFNO5S/c11-7-5-6(12)1-2-9(7)19(17,18)13-8(3-4-14)10(15)16/h1-2,5,8,13-14H,3-4H2,(H,15,16)/t8-/m0/s1. The molecular weight excluding hydrogens is 301 g/mol. The highest BCUT2D eigenvalue weighted by atomic mass is 35.5. The molecule has 6 nitrogen and oxygen atoms in total. The molecule has 1 atom stereocenters. The first-order valence-electron chi connectivity index (χ1n) is 5.09. The van der Waals surface area contributed by atoms with Gasteiger partial charge in [0.25, 0.3) is 0 Å². The van der Waals surface area contributed by atoms with Gasteiger partial charge in [-0.1, -0.05) is 11.6 Å². The molecule has 0 amide bonds. The van der Waals surface area contributed by atoms with Crippen LogP contribution in [0.25, 0.3) is 0 Å². The number of benzene rings is 1. The summed E-state index contributed by atoms with van der Waals surface area (Å²) in [5.74, 6) is -2.15. The predicted octanol–water partition coefficient (Wildman–Crippen LogP) is 0.593. The fraction of sp³-hybridized carbons (Fsp3) is 0.300. The third kappa shape index (κ3) is 4.13. The fourth-order valence-electron chi connectivity index (χ4n) is 1.31. The van der Waals surface area contributed by atoms with Gasteiger partial charge in [0.15, 0.2) is 0 Å². The molecule has 0 heterocycles. The zero-order valence-corrected chi connectivity index (χ0v) is 11.1. The molecule has 0 spiro atoms. The normalized spacial score (nSPS) is 13.2. The second-order valence-corrected chi connectivity index (χ2v) is 5.69. The van der Waals surface area contributed by atoms with Gasteiger partial charge in [-0.15, -0.1) is 0 Å². The van der Waals surface area contributed by atoms with Crippen LogP contribution in [0.1, 0.15) is 6.42 Å². The first-order valence-corrected chi connectivity index (χ1v) is 6.95. The van der Waals surface area contributed by atoms with Crippen molar-refractivity contribution in [2.24, 2.45) is 0 Å². The lowest BCUT2D eigenvalue weighted by Crippen LogP contribution is -2.41. The Morgan fingerprint density at radius 2 is 2.11 bits per heavy atom. The maximum atomic E-state index is 12.8. The number of sulfonamides is 1. The number of aliphatic hydroxyl groups excluding tert-OH is 1. The van der Waals surface area contributed by atoms with Crippen molar-refractivity contribution in [3.8, 4) is 0 Å². The largest absolute Gasteiger partial charge is 0.480 e. The Bertz CT molecular complexity index is 577. The number of carboxylic acid groups (broad SMARTS) is 1. The van der Waals surface area contributed by atoms with Crippen molar-refractivity contribution in [1.82, 2.24) is 4.72 Å². The van der Waals surface area contributed by atoms with Crippen molar-refractivity contribution < 1.29 is 27.8 Å². The third-order valence-corrected chi connectivity index (χ3v) is 4.15. The summed E-state index contributed by atoms with van der Waals surface area (Å²) in [4.78, 5) is 10.4. The van der Waals surface area contributed by atoms with Crippen LogP contribution in [0.5, 0.6) is 0 Å². The van der Waals surface area contributed by atoms with Crippen LogP contribution in [0, 0.1) is 5.82 Å². The minimum atomic E-state index is -4.21. The van der Waals surface area contributed by atoms with Crippen LogP contribution in [-0.2, 0) is 14.8 Å². The number of halogens is 2. The minimum absolute atomic E-state index is 0.298. The quantitative estimate of drug-likeness (QED) is 0.713. The van der Waals surface area contributed by atoms with Gasteiger partial charge in [-0.25, -0.2) is 12.8 Å². The maximum Gasteiger partial charge on any atom is 0.321 e. The highest BCUT2D eigenvalue weighted by molar-refractivity contribution is 7.89. The van der Waals surface area contributed by atoms with Crippen molar-refractivity contribution in [1.29, 1.82) is 0 Å². The zero-order valence-electron chi connectivity index (χ0n) is 9.51. The Kier molecular flexibility index (Phi) is 5.24. The van der Waals surface area contributed by atoms with Gasteiger partial charge < -0.3 is 10.2 Å². The van der Waals surface area contributed by atoms with Crippen molar-refractivity contribution in [3.05, 3.63) is 29.0 Å². The summed E-state index contributed by atoms with van der Waals surface area (Å²) >= 11 is 5.60. The summed E-state index contributed by atoms with van der Waals surface area (Å²) in [6.45, 7) is -0.503. The number of aliphatic hydroxyl groups is 1. The van der Waals surface area contributed by atoms with E-state index in [0.29, 0.717) is 0 Å². The van der Waals surface area contributed by atoms with E-state index in [9.17, 15) is 17.6 Å². The SMILES string of the molecule is O=C(O)[C@H](CCO)NS(=O)(=O)c1ccc(F)cc1Cl. The molecule has 0 unspecified atom stereocenters. The summed E-state index contributed by atoms with van der Waals surface area (Å²) in [6.07, 6.45) is -0.298. The lowest BCUT2D eigenvalue weighted by molar-refractivity contribution is -0.139. The Balaban J connectivity index is 3.06. The van der Waals surface area contributed by atoms with Crippen molar-refractivity contribution in [3.63, 3.8) is 0 Å². The molecule has 0 aromatic heterocycles. The minimum Gasteiger partial charge on any atom is -0.480 e. The highest BCUT2D eigenvalue weighted by Gasteiger charge is 2.26. The van der Waals surface area contributed by atoms with Gasteiger partial charge in [0, 0.05) is 6.61 Å². The first kappa shape index (κ1) is 15.8. The zero-order chi connectivity index (χ0) is 14.6. The van der Waals surface area contributed by atoms with E-state index in [2.05, 4.69) is 0 Å². The van der Waals surface area contributed by atoms with Crippen molar-refractivity contribution in [2.75, 3.05) is 6.61 Å². The van der Waals surface area contributed by atoms with E-state index >= 15 is 0 Å². The molecule has 0 bridgehead atoms. The van der Waals surface area contributed by atoms with Crippen LogP contribution in [0.4, 0.5) is 4.39 Å². The molecule has 19 heavy (non-hydrogen) atoms. The van der Waals surface area contributed by atoms with Gasteiger partial charge in [0.1, 0.15) is 16.8 Å². The lowest BCUT2D eigenvalue weighted by atomic mass is 10.2. The van der Waals surface area contributed by atoms with E-state index in [1.807, 2.05) is 4.72 Å². The molecule has 0 aliphatic rings. The molecule has 0 aliphatic carbocycles. The lowest BCUT2D eigenvalue weighted by Gasteiger charge is -2.14. The predicted molar refractivity (Wildman–Crippen MR) is 64.9 cm³/mol. The molecule has 1 aromatic carbocycles. The monoisotopic (exact) mass is 311 g/mol. The molecule has 0 aliphatic heterocycles. The summed E-state index contributed by atoms with van der Waals surface area (Å²) in [7, 11) is -4.21. The summed E-state index contributed by atoms with van der Waals surface area (Å²) < 4.78 is 38.5. The van der Waals surface area contributed by atoms with E-state index < -0.39 is 39.4 Å². The van der Waals surface area contributed by atoms with Gasteiger partial charge >= 0.3 is 5.97 Å². The second-order valence-electron chi connectivity index (χ2n) is 3.60. The van der Waals surface area contributed by atoms with Crippen LogP contribution in [0.2, 0.25) is 5.02 Å². The second kappa shape index (κ2) is 6.29. The number of hydrogen-bond donors (Lipinski definition) is 3. The van der Waals surface area contributed by atoms with Crippen molar-refractivity contribution in [2.45, 2.75) is 17.4 Å². The van der Waals surface area contributed by atoms with Crippen LogP contribution in [0.15, 0.2) is 23.1 Å². The topological polar surface area (TPSA) is 104 Å². The first-order chi connectivity index (χ1) is 8.77. The van der Waals surface area contributed by atoms with E-state index in [0.717, 1.165) is 18.2 Å². The average Bonchev–Trinajstić information content (AvgIpc) is 2.27. The van der Waals surface area contributed by atoms with Crippen LogP contribution >= 0.6 is 11.6 Å². The Hall–Kier alpha value is -1.22. The third-order valence-electron chi connectivity index (χ3n) is 2.20. The smallest absolute Gasteiger partial charge is 0.321 e. The molecule has 0 saturated heterocycles. The molecule has 0 fully saturated rings. The average molecular weight is 312 g/mol. The van der Waals surface area contributed by atoms with E-state index in [1.165, 1.54) is 0 Å². The number of aliphatic carboxylic acids is 1. The maximum absolute atomic E-state index is 12.8. The van der Waals surface area contributed by atoms with Gasteiger partial charge in [0.05, 0.1) is 5.02 Å². The van der Waals surface area contributed by atoms with E-state index in [-0.39, 0.29) is 11.4 Å². The van der Waals surface area contributed by atoms with Gasteiger partial charge in [-0.05, 0) is 24.6 Å². The molecule has 1 rings (SSSR count). The number of hydrogen-bond acceptors (Lipinski definition) is 4. The summed E-state index contributed by atoms with van der Waals surface area (Å²) in [6, 6.07) is 1.13. The Morgan fingerprint density at radius 1 is 1.47 bits per heavy atom. The number of rotatable bonds is 6. The number of carbonyl (C=O) groups is 1. The van der Waals surface area contributed by atoms with Crippen LogP contribution in [0.3, 0.4) is 0 Å². The van der Waals surface area contributed by atoms with Gasteiger partial charge in [-0.2, -0.15) is 4.72 Å². The van der Waals surface area contributed by atoms with E-state index in [4.69, 9.17) is 21.8 Å². The molecule has 106 valence electrons. The molecule has 3 N–H and O–H groups in total. The van der Waals surface area contributed by atoms with Crippen LogP contribution in [-0.4, -0.2) is 37.2 Å². The molecule has 0 radical (unpaired) electrons. The van der Waals surface area contributed by atoms with Crippen LogP contribution < -0.4 is 4.72 Å². The number of carboxylic acids is 1. The molecule has 9 heteroatoms. The van der Waals surface area contributed by atoms with Gasteiger partial charge in [0.2, 0.25) is 10.0 Å². The molecule has 0 saturated carbocycles. The Morgan fingerprint density at radius 3 is 2.58 bits per heavy atom. The molecular formula is C10H11ClFNO5S. The molecule has 1 aromatic rings. The Labute approximate surface area is 113 Å². The summed E-state index contributed by atoms with van der Waals surface area (Å²) in [5, 5.41) is 17.1.